The number of aliphatic hydroxyl groups is 2. The molecule has 2 heterocycles. The van der Waals surface area contributed by atoms with Gasteiger partial charge in [0.05, 0.1) is 13.2 Å². The molecule has 12 nitrogen and oxygen atoms in total. The Balaban J connectivity index is 1.77. The van der Waals surface area contributed by atoms with Crippen LogP contribution in [0.3, 0.4) is 0 Å². The lowest BCUT2D eigenvalue weighted by atomic mass is 9.80. The molecule has 0 aliphatic carbocycles. The van der Waals surface area contributed by atoms with Gasteiger partial charge in [-0.3, -0.25) is 9.59 Å². The first-order valence-electron chi connectivity index (χ1n) is 15.9. The normalized spacial score (nSPS) is 29.2. The zero-order valence-electron chi connectivity index (χ0n) is 28.9. The van der Waals surface area contributed by atoms with Gasteiger partial charge in [0, 0.05) is 49.9 Å². The summed E-state index contributed by atoms with van der Waals surface area (Å²) in [5, 5.41) is 27.7. The van der Waals surface area contributed by atoms with E-state index >= 15 is 0 Å². The van der Waals surface area contributed by atoms with Crippen molar-refractivity contribution in [1.82, 2.24) is 10.6 Å². The smallest absolute Gasteiger partial charge is 0.220 e. The Bertz CT molecular complexity index is 887. The van der Waals surface area contributed by atoms with E-state index in [1.54, 1.807) is 13.8 Å². The molecule has 2 aliphatic heterocycles. The fourth-order valence-electron chi connectivity index (χ4n) is 6.40. The number of aliphatic hydroxyl groups excluding tert-OH is 2. The van der Waals surface area contributed by atoms with Crippen molar-refractivity contribution in [1.29, 1.82) is 0 Å². The van der Waals surface area contributed by atoms with Crippen LogP contribution in [0.1, 0.15) is 108 Å². The molecular weight excluding hydrogens is 568 g/mol. The Morgan fingerprint density at radius 2 is 1.18 bits per heavy atom. The van der Waals surface area contributed by atoms with E-state index in [1.807, 2.05) is 20.8 Å². The van der Waals surface area contributed by atoms with Crippen LogP contribution in [0.4, 0.5) is 0 Å². The highest BCUT2D eigenvalue weighted by Gasteiger charge is 2.48. The predicted octanol–water partition coefficient (Wildman–Crippen LogP) is 2.07. The van der Waals surface area contributed by atoms with E-state index in [-0.39, 0.29) is 67.1 Å². The fourth-order valence-corrected chi connectivity index (χ4v) is 6.40. The average Bonchev–Trinajstić information content (AvgIpc) is 3.44. The van der Waals surface area contributed by atoms with Gasteiger partial charge in [-0.1, -0.05) is 34.6 Å². The van der Waals surface area contributed by atoms with Gasteiger partial charge in [0.25, 0.3) is 0 Å². The fraction of sp³-hybridized carbons (Fsp3) is 0.938. The first-order chi connectivity index (χ1) is 19.8. The van der Waals surface area contributed by atoms with Crippen molar-refractivity contribution in [3.8, 4) is 0 Å². The van der Waals surface area contributed by atoms with Crippen molar-refractivity contribution in [2.45, 2.75) is 155 Å². The summed E-state index contributed by atoms with van der Waals surface area (Å²) in [6.45, 7) is 20.7. The maximum Gasteiger partial charge on any atom is 0.220 e. The van der Waals surface area contributed by atoms with Crippen molar-refractivity contribution in [2.75, 3.05) is 26.3 Å². The van der Waals surface area contributed by atoms with Crippen LogP contribution in [0.5, 0.6) is 0 Å². The van der Waals surface area contributed by atoms with Gasteiger partial charge in [0.15, 0.2) is 11.6 Å². The first kappa shape index (κ1) is 38.8. The monoisotopic (exact) mass is 630 g/mol. The van der Waals surface area contributed by atoms with Crippen LogP contribution in [-0.2, 0) is 28.5 Å². The third-order valence-corrected chi connectivity index (χ3v) is 7.95. The quantitative estimate of drug-likeness (QED) is 0.147. The minimum absolute atomic E-state index is 0.0401. The van der Waals surface area contributed by atoms with Crippen molar-refractivity contribution < 1.29 is 38.7 Å². The van der Waals surface area contributed by atoms with Crippen LogP contribution < -0.4 is 22.1 Å². The van der Waals surface area contributed by atoms with E-state index in [0.29, 0.717) is 13.1 Å². The van der Waals surface area contributed by atoms with E-state index in [9.17, 15) is 19.8 Å². The van der Waals surface area contributed by atoms with Gasteiger partial charge in [-0.15, -0.1) is 0 Å². The summed E-state index contributed by atoms with van der Waals surface area (Å²) in [5.41, 5.74) is 11.5. The number of nitrogens with two attached hydrogens (primary N) is 2. The number of carbonyl (C=O) groups is 2. The molecule has 0 aromatic carbocycles. The van der Waals surface area contributed by atoms with E-state index in [0.717, 1.165) is 12.8 Å². The molecule has 2 amide bonds. The molecule has 7 unspecified atom stereocenters. The van der Waals surface area contributed by atoms with Crippen LogP contribution in [0.15, 0.2) is 0 Å². The SMILES string of the molecule is CC(C)(C)CC(C)(N)CNC(=O)CCC1(C)OCC(C(O)C(O)C2COC(C)(CCC(=O)NCC(C)(C)CC(C)(C)N)O2)O1. The van der Waals surface area contributed by atoms with Gasteiger partial charge >= 0.3 is 0 Å². The Morgan fingerprint density at radius 1 is 0.773 bits per heavy atom. The summed E-state index contributed by atoms with van der Waals surface area (Å²) in [6, 6.07) is 0. The molecule has 2 rings (SSSR count). The van der Waals surface area contributed by atoms with Crippen molar-refractivity contribution >= 4 is 11.8 Å². The van der Waals surface area contributed by atoms with Crippen LogP contribution in [0, 0.1) is 10.8 Å². The molecule has 0 spiro atoms. The second-order valence-corrected chi connectivity index (χ2v) is 16.5. The summed E-state index contributed by atoms with van der Waals surface area (Å²) in [5.74, 6) is -2.47. The highest BCUT2D eigenvalue weighted by atomic mass is 16.8. The van der Waals surface area contributed by atoms with Crippen LogP contribution in [0.25, 0.3) is 0 Å². The summed E-state index contributed by atoms with van der Waals surface area (Å²) in [4.78, 5) is 25.0. The summed E-state index contributed by atoms with van der Waals surface area (Å²) in [7, 11) is 0. The predicted molar refractivity (Wildman–Crippen MR) is 168 cm³/mol. The molecule has 2 aliphatic rings. The Hall–Kier alpha value is -1.38. The highest BCUT2D eigenvalue weighted by Crippen LogP contribution is 2.34. The van der Waals surface area contributed by atoms with Crippen LogP contribution in [-0.4, -0.2) is 95.4 Å². The highest BCUT2D eigenvalue weighted by molar-refractivity contribution is 5.76. The minimum Gasteiger partial charge on any atom is -0.387 e. The number of hydrogen-bond donors (Lipinski definition) is 6. The molecule has 0 bridgehead atoms. The topological polar surface area (TPSA) is 188 Å². The van der Waals surface area contributed by atoms with E-state index in [4.69, 9.17) is 30.4 Å². The lowest BCUT2D eigenvalue weighted by Gasteiger charge is -2.32. The molecule has 12 heteroatoms. The minimum atomic E-state index is -1.31. The number of hydrogen-bond acceptors (Lipinski definition) is 10. The molecule has 0 aromatic rings. The standard InChI is InChI=1S/C32H62N4O8/c1-27(2,3)17-30(8,34)20-36-24(38)12-14-32(10)42-16-22(44-32)26(40)25(39)21-15-41-31(9,43-21)13-11-23(37)35-19-28(4,5)18-29(6,7)33/h21-22,25-26,39-40H,11-20,33-34H2,1-10H3,(H,35,37)(H,36,38). The molecule has 7 atom stereocenters. The summed E-state index contributed by atoms with van der Waals surface area (Å²) >= 11 is 0. The molecule has 258 valence electrons. The third kappa shape index (κ3) is 13.5. The number of rotatable bonds is 16. The number of carbonyl (C=O) groups excluding carboxylic acids is 2. The number of amides is 2. The molecule has 44 heavy (non-hydrogen) atoms. The van der Waals surface area contributed by atoms with Gasteiger partial charge in [-0.25, -0.2) is 0 Å². The second kappa shape index (κ2) is 14.6. The Morgan fingerprint density at radius 3 is 1.57 bits per heavy atom. The summed E-state index contributed by atoms with van der Waals surface area (Å²) < 4.78 is 23.6. The van der Waals surface area contributed by atoms with Gasteiger partial charge in [-0.2, -0.15) is 0 Å². The zero-order chi connectivity index (χ0) is 33.8. The maximum atomic E-state index is 12.5. The number of nitrogens with one attached hydrogen (secondary N) is 2. The second-order valence-electron chi connectivity index (χ2n) is 16.5. The van der Waals surface area contributed by atoms with Crippen molar-refractivity contribution in [3.63, 3.8) is 0 Å². The number of ether oxygens (including phenoxy) is 4. The molecule has 0 aromatic heterocycles. The van der Waals surface area contributed by atoms with E-state index in [2.05, 4.69) is 45.3 Å². The van der Waals surface area contributed by atoms with E-state index in [1.165, 1.54) is 0 Å². The van der Waals surface area contributed by atoms with E-state index < -0.39 is 41.5 Å². The molecule has 8 N–H and O–H groups in total. The first-order valence-corrected chi connectivity index (χ1v) is 15.9. The van der Waals surface area contributed by atoms with Crippen LogP contribution in [0.2, 0.25) is 0 Å². The van der Waals surface area contributed by atoms with Crippen molar-refractivity contribution in [3.05, 3.63) is 0 Å². The Labute approximate surface area is 264 Å². The molecule has 0 radical (unpaired) electrons. The molecule has 2 saturated heterocycles. The zero-order valence-corrected chi connectivity index (χ0v) is 28.9. The van der Waals surface area contributed by atoms with Gasteiger partial charge < -0.3 is 51.3 Å². The third-order valence-electron chi connectivity index (χ3n) is 7.95. The lowest BCUT2D eigenvalue weighted by Crippen LogP contribution is -2.50. The Kier molecular flexibility index (Phi) is 12.9. The van der Waals surface area contributed by atoms with Gasteiger partial charge in [0.1, 0.15) is 24.4 Å². The lowest BCUT2D eigenvalue weighted by molar-refractivity contribution is -0.197. The molecule has 0 saturated carbocycles. The summed E-state index contributed by atoms with van der Waals surface area (Å²) in [6.07, 6.45) is -1.87. The van der Waals surface area contributed by atoms with Crippen molar-refractivity contribution in [2.24, 2.45) is 22.3 Å². The van der Waals surface area contributed by atoms with Gasteiger partial charge in [0.2, 0.25) is 11.8 Å². The van der Waals surface area contributed by atoms with Crippen LogP contribution >= 0.6 is 0 Å². The maximum absolute atomic E-state index is 12.5. The molecular formula is C32H62N4O8. The molecule has 2 fully saturated rings. The largest absolute Gasteiger partial charge is 0.387 e. The average molecular weight is 631 g/mol. The van der Waals surface area contributed by atoms with Gasteiger partial charge in [-0.05, 0) is 58.3 Å².